The Bertz CT molecular complexity index is 1120. The molecule has 0 aliphatic carbocycles. The normalized spacial score (nSPS) is 17.7. The summed E-state index contributed by atoms with van der Waals surface area (Å²) in [6.07, 6.45) is 0. The van der Waals surface area contributed by atoms with Gasteiger partial charge in [0.15, 0.2) is 5.09 Å². The van der Waals surface area contributed by atoms with Gasteiger partial charge >= 0.3 is 0 Å². The minimum Gasteiger partial charge on any atom is -1.00 e. The Balaban J connectivity index is 0.00000192. The Morgan fingerprint density at radius 1 is 0.750 bits per heavy atom. The van der Waals surface area contributed by atoms with Crippen LogP contribution in [0.3, 0.4) is 0 Å². The van der Waals surface area contributed by atoms with E-state index in [-0.39, 0.29) is 17.0 Å². The first-order valence-electron chi connectivity index (χ1n) is 8.93. The summed E-state index contributed by atoms with van der Waals surface area (Å²) in [5.74, 6) is 0.905. The van der Waals surface area contributed by atoms with Gasteiger partial charge in [-0.15, -0.1) is 0 Å². The highest BCUT2D eigenvalue weighted by Crippen LogP contribution is 2.45. The lowest BCUT2D eigenvalue weighted by Gasteiger charge is -2.08. The lowest BCUT2D eigenvalue weighted by molar-refractivity contribution is -0.400. The maximum atomic E-state index is 6.34. The zero-order chi connectivity index (χ0) is 18.2. The maximum absolute atomic E-state index is 6.34. The SMILES string of the molecule is C[N+]1=C(c2ccccc2)/C(=C2\OC(c3ccccc3)=CS2)c2ccccc21.[Br-]. The molecule has 0 unspecified atom stereocenters. The monoisotopic (exact) mass is 447 g/mol. The molecule has 0 radical (unpaired) electrons. The van der Waals surface area contributed by atoms with Crippen molar-refractivity contribution in [2.75, 3.05) is 7.05 Å². The van der Waals surface area contributed by atoms with Crippen LogP contribution in [0.15, 0.2) is 95.4 Å². The third-order valence-electron chi connectivity index (χ3n) is 4.89. The molecule has 2 nitrogen and oxygen atoms in total. The summed E-state index contributed by atoms with van der Waals surface area (Å²) in [7, 11) is 2.12. The van der Waals surface area contributed by atoms with Crippen LogP contribution >= 0.6 is 11.8 Å². The molecule has 0 atom stereocenters. The quantitative estimate of drug-likeness (QED) is 0.559. The molecule has 0 aromatic heterocycles. The molecule has 0 N–H and O–H groups in total. The molecule has 4 heteroatoms. The minimum absolute atomic E-state index is 0. The number of ether oxygens (including phenoxy) is 1. The Hall–Kier alpha value is -2.56. The molecule has 5 rings (SSSR count). The molecule has 3 aromatic rings. The standard InChI is InChI=1S/C24H18NOS.BrH/c1-25-20-15-9-8-14-19(20)22(23(25)18-12-6-3-7-13-18)24-26-21(16-27-24)17-10-4-2-5-11-17;/h2-16H,1H3;1H/q+1;/p-1/b24-22+;. The van der Waals surface area contributed by atoms with Gasteiger partial charge in [0.05, 0.1) is 5.56 Å². The van der Waals surface area contributed by atoms with Gasteiger partial charge in [-0.1, -0.05) is 72.4 Å². The van der Waals surface area contributed by atoms with E-state index in [1.807, 2.05) is 18.2 Å². The average Bonchev–Trinajstić information content (AvgIpc) is 3.33. The van der Waals surface area contributed by atoms with Crippen LogP contribution in [0, 0.1) is 0 Å². The third-order valence-corrected chi connectivity index (χ3v) is 5.73. The van der Waals surface area contributed by atoms with Crippen LogP contribution in [0.2, 0.25) is 0 Å². The molecule has 0 amide bonds. The molecule has 0 spiro atoms. The first-order valence-corrected chi connectivity index (χ1v) is 9.81. The Morgan fingerprint density at radius 2 is 1.36 bits per heavy atom. The van der Waals surface area contributed by atoms with E-state index in [1.165, 1.54) is 22.5 Å². The van der Waals surface area contributed by atoms with Crippen LogP contribution in [0.4, 0.5) is 5.69 Å². The van der Waals surface area contributed by atoms with Gasteiger partial charge in [-0.25, -0.2) is 0 Å². The Labute approximate surface area is 179 Å². The van der Waals surface area contributed by atoms with E-state index in [0.29, 0.717) is 0 Å². The summed E-state index contributed by atoms with van der Waals surface area (Å²) in [6, 6.07) is 29.3. The van der Waals surface area contributed by atoms with Gasteiger partial charge in [0.1, 0.15) is 18.4 Å². The van der Waals surface area contributed by atoms with Gasteiger partial charge in [0.2, 0.25) is 11.4 Å². The molecule has 0 bridgehead atoms. The predicted octanol–water partition coefficient (Wildman–Crippen LogP) is 2.90. The van der Waals surface area contributed by atoms with Crippen LogP contribution in [0.1, 0.15) is 16.7 Å². The number of hydrogen-bond acceptors (Lipinski definition) is 2. The molecule has 3 aromatic carbocycles. The molecule has 2 aliphatic rings. The molecule has 28 heavy (non-hydrogen) atoms. The topological polar surface area (TPSA) is 12.2 Å². The van der Waals surface area contributed by atoms with E-state index in [1.54, 1.807) is 11.8 Å². The molecular weight excluding hydrogens is 430 g/mol. The summed E-state index contributed by atoms with van der Waals surface area (Å²) in [5.41, 5.74) is 7.05. The van der Waals surface area contributed by atoms with Crippen molar-refractivity contribution < 1.29 is 26.3 Å². The van der Waals surface area contributed by atoms with Crippen molar-refractivity contribution in [3.8, 4) is 0 Å². The molecule has 138 valence electrons. The maximum Gasteiger partial charge on any atom is 0.225 e. The molecular formula is C24H18BrNOS. The van der Waals surface area contributed by atoms with Crippen molar-refractivity contribution >= 4 is 34.5 Å². The zero-order valence-corrected chi connectivity index (χ0v) is 17.7. The van der Waals surface area contributed by atoms with Crippen LogP contribution in [0.5, 0.6) is 0 Å². The van der Waals surface area contributed by atoms with Gasteiger partial charge in [0.25, 0.3) is 0 Å². The van der Waals surface area contributed by atoms with E-state index in [4.69, 9.17) is 4.74 Å². The minimum atomic E-state index is 0. The first-order chi connectivity index (χ1) is 13.3. The smallest absolute Gasteiger partial charge is 0.225 e. The van der Waals surface area contributed by atoms with Crippen LogP contribution < -0.4 is 17.0 Å². The number of halogens is 1. The molecule has 0 saturated heterocycles. The van der Waals surface area contributed by atoms with Gasteiger partial charge in [0, 0.05) is 22.6 Å². The number of para-hydroxylation sites is 1. The number of benzene rings is 3. The third kappa shape index (κ3) is 3.13. The number of rotatable bonds is 2. The van der Waals surface area contributed by atoms with Crippen molar-refractivity contribution in [1.82, 2.24) is 0 Å². The second-order valence-corrected chi connectivity index (χ2v) is 7.36. The van der Waals surface area contributed by atoms with Crippen molar-refractivity contribution in [2.45, 2.75) is 0 Å². The second kappa shape index (κ2) is 7.82. The summed E-state index contributed by atoms with van der Waals surface area (Å²) >= 11 is 1.65. The van der Waals surface area contributed by atoms with E-state index in [2.05, 4.69) is 83.8 Å². The number of fused-ring (bicyclic) bond motifs is 1. The fraction of sp³-hybridized carbons (Fsp3) is 0.0417. The zero-order valence-electron chi connectivity index (χ0n) is 15.3. The number of hydrogen-bond donors (Lipinski definition) is 0. The van der Waals surface area contributed by atoms with Crippen molar-refractivity contribution in [3.05, 3.63) is 112 Å². The molecule has 0 fully saturated rings. The highest BCUT2D eigenvalue weighted by Gasteiger charge is 2.37. The lowest BCUT2D eigenvalue weighted by atomic mass is 9.99. The largest absolute Gasteiger partial charge is 1.00 e. The first kappa shape index (κ1) is 18.8. The van der Waals surface area contributed by atoms with Crippen LogP contribution in [-0.4, -0.2) is 17.3 Å². The molecule has 2 aliphatic heterocycles. The summed E-state index contributed by atoms with van der Waals surface area (Å²) in [6.45, 7) is 0. The Morgan fingerprint density at radius 3 is 2.07 bits per heavy atom. The molecule has 0 saturated carbocycles. The van der Waals surface area contributed by atoms with Gasteiger partial charge < -0.3 is 21.7 Å². The summed E-state index contributed by atoms with van der Waals surface area (Å²) in [5, 5.41) is 3.03. The predicted molar refractivity (Wildman–Crippen MR) is 113 cm³/mol. The van der Waals surface area contributed by atoms with Crippen molar-refractivity contribution in [3.63, 3.8) is 0 Å². The summed E-state index contributed by atoms with van der Waals surface area (Å²) in [4.78, 5) is 0. The highest BCUT2D eigenvalue weighted by molar-refractivity contribution is 8.06. The number of nitrogens with zero attached hydrogens (tertiary/aromatic N) is 1. The lowest BCUT2D eigenvalue weighted by Crippen LogP contribution is -3.00. The van der Waals surface area contributed by atoms with Crippen LogP contribution in [-0.2, 0) is 4.74 Å². The molecule has 2 heterocycles. The fourth-order valence-corrected chi connectivity index (χ4v) is 4.49. The van der Waals surface area contributed by atoms with E-state index >= 15 is 0 Å². The van der Waals surface area contributed by atoms with Gasteiger partial charge in [-0.2, -0.15) is 4.58 Å². The fourth-order valence-electron chi connectivity index (χ4n) is 3.63. The summed E-state index contributed by atoms with van der Waals surface area (Å²) < 4.78 is 8.61. The van der Waals surface area contributed by atoms with E-state index in [0.717, 1.165) is 22.0 Å². The number of allylic oxidation sites excluding steroid dienone is 1. The van der Waals surface area contributed by atoms with Crippen LogP contribution in [0.25, 0.3) is 11.3 Å². The number of thioether (sulfide) groups is 1. The highest BCUT2D eigenvalue weighted by atomic mass is 79.9. The van der Waals surface area contributed by atoms with Crippen molar-refractivity contribution in [1.29, 1.82) is 0 Å². The van der Waals surface area contributed by atoms with E-state index in [9.17, 15) is 0 Å². The second-order valence-electron chi connectivity index (χ2n) is 6.52. The average molecular weight is 448 g/mol. The van der Waals surface area contributed by atoms with E-state index < -0.39 is 0 Å². The van der Waals surface area contributed by atoms with Gasteiger partial charge in [-0.3, -0.25) is 0 Å². The van der Waals surface area contributed by atoms with Gasteiger partial charge in [-0.05, 0) is 18.2 Å². The van der Waals surface area contributed by atoms with Crippen molar-refractivity contribution in [2.24, 2.45) is 0 Å². The Kier molecular flexibility index (Phi) is 5.25.